The van der Waals surface area contributed by atoms with Crippen molar-refractivity contribution in [2.24, 2.45) is 10.9 Å². The smallest absolute Gasteiger partial charge is 0.242 e. The van der Waals surface area contributed by atoms with Crippen LogP contribution in [-0.2, 0) is 21.3 Å². The summed E-state index contributed by atoms with van der Waals surface area (Å²) in [5.41, 5.74) is 0.698. The van der Waals surface area contributed by atoms with Crippen LogP contribution >= 0.6 is 0 Å². The van der Waals surface area contributed by atoms with Gasteiger partial charge in [0.1, 0.15) is 0 Å². The number of methoxy groups -OCH3 is 1. The first-order valence-electron chi connectivity index (χ1n) is 8.92. The molecule has 1 atom stereocenters. The van der Waals surface area contributed by atoms with Crippen LogP contribution in [-0.4, -0.2) is 71.0 Å². The summed E-state index contributed by atoms with van der Waals surface area (Å²) in [7, 11) is 1.32. The van der Waals surface area contributed by atoms with E-state index in [0.29, 0.717) is 22.9 Å². The van der Waals surface area contributed by atoms with Crippen molar-refractivity contribution in [3.63, 3.8) is 0 Å². The van der Waals surface area contributed by atoms with E-state index in [1.54, 1.807) is 33.3 Å². The molecule has 1 fully saturated rings. The summed E-state index contributed by atoms with van der Waals surface area (Å²) >= 11 is 0. The Bertz CT molecular complexity index is 719. The van der Waals surface area contributed by atoms with E-state index in [0.717, 1.165) is 38.6 Å². The van der Waals surface area contributed by atoms with Gasteiger partial charge in [-0.2, -0.15) is 0 Å². The third-order valence-electron chi connectivity index (χ3n) is 4.45. The monoisotopic (exact) mass is 382 g/mol. The van der Waals surface area contributed by atoms with Gasteiger partial charge >= 0.3 is 0 Å². The van der Waals surface area contributed by atoms with Gasteiger partial charge in [-0.05, 0) is 25.0 Å². The van der Waals surface area contributed by atoms with Gasteiger partial charge in [0.2, 0.25) is 10.0 Å². The minimum atomic E-state index is -3.49. The van der Waals surface area contributed by atoms with E-state index in [4.69, 9.17) is 9.73 Å². The number of guanidine groups is 1. The maximum absolute atomic E-state index is 12.5. The fourth-order valence-electron chi connectivity index (χ4n) is 3.07. The number of aliphatic imine (C=N–C) groups is 1. The summed E-state index contributed by atoms with van der Waals surface area (Å²) in [5.74, 6) is 1.33. The Balaban J connectivity index is 2.21. The van der Waals surface area contributed by atoms with E-state index in [1.807, 2.05) is 19.1 Å². The molecule has 0 bridgehead atoms. The Morgan fingerprint density at radius 3 is 2.77 bits per heavy atom. The topological polar surface area (TPSA) is 74.2 Å². The third-order valence-corrected chi connectivity index (χ3v) is 6.37. The highest BCUT2D eigenvalue weighted by atomic mass is 32.2. The van der Waals surface area contributed by atoms with Crippen molar-refractivity contribution in [1.82, 2.24) is 14.5 Å². The van der Waals surface area contributed by atoms with Crippen LogP contribution < -0.4 is 5.32 Å². The SMILES string of the molecule is CCNC(=NCc1ccccc1S(=O)(=O)N(C)C)N1CCC(COC)C1. The van der Waals surface area contributed by atoms with Gasteiger partial charge in [0.15, 0.2) is 5.96 Å². The maximum Gasteiger partial charge on any atom is 0.242 e. The zero-order valence-electron chi connectivity index (χ0n) is 16.1. The fourth-order valence-corrected chi connectivity index (χ4v) is 4.17. The number of benzene rings is 1. The van der Waals surface area contributed by atoms with Crippen LogP contribution in [0.25, 0.3) is 0 Å². The lowest BCUT2D eigenvalue weighted by molar-refractivity contribution is 0.157. The van der Waals surface area contributed by atoms with E-state index < -0.39 is 10.0 Å². The zero-order chi connectivity index (χ0) is 19.2. The van der Waals surface area contributed by atoms with Gasteiger partial charge < -0.3 is 15.0 Å². The molecule has 0 spiro atoms. The molecular formula is C18H30N4O3S. The molecule has 2 rings (SSSR count). The highest BCUT2D eigenvalue weighted by Gasteiger charge is 2.25. The molecule has 7 nitrogen and oxygen atoms in total. The first kappa shape index (κ1) is 20.7. The molecule has 0 saturated carbocycles. The van der Waals surface area contributed by atoms with Crippen LogP contribution in [0.15, 0.2) is 34.2 Å². The quantitative estimate of drug-likeness (QED) is 0.570. The van der Waals surface area contributed by atoms with Crippen LogP contribution in [0, 0.1) is 5.92 Å². The van der Waals surface area contributed by atoms with Crippen molar-refractivity contribution in [2.75, 3.05) is 47.4 Å². The molecule has 1 heterocycles. The standard InChI is InChI=1S/C18H30N4O3S/c1-5-19-18(22-11-10-15(13-22)14-25-4)20-12-16-8-6-7-9-17(16)26(23,24)21(2)3/h6-9,15H,5,10-14H2,1-4H3,(H,19,20). The average Bonchev–Trinajstić information content (AvgIpc) is 3.07. The molecule has 0 radical (unpaired) electrons. The lowest BCUT2D eigenvalue weighted by Crippen LogP contribution is -2.40. The predicted molar refractivity (Wildman–Crippen MR) is 104 cm³/mol. The summed E-state index contributed by atoms with van der Waals surface area (Å²) in [4.78, 5) is 7.23. The molecular weight excluding hydrogens is 352 g/mol. The van der Waals surface area contributed by atoms with Crippen LogP contribution in [0.1, 0.15) is 18.9 Å². The molecule has 1 N–H and O–H groups in total. The number of hydrogen-bond acceptors (Lipinski definition) is 4. The molecule has 1 aromatic rings. The lowest BCUT2D eigenvalue weighted by atomic mass is 10.1. The number of nitrogens with zero attached hydrogens (tertiary/aromatic N) is 3. The van der Waals surface area contributed by atoms with Gasteiger partial charge in [-0.25, -0.2) is 17.7 Å². The van der Waals surface area contributed by atoms with Crippen molar-refractivity contribution in [3.05, 3.63) is 29.8 Å². The second kappa shape index (κ2) is 9.34. The van der Waals surface area contributed by atoms with Crippen molar-refractivity contribution < 1.29 is 13.2 Å². The summed E-state index contributed by atoms with van der Waals surface area (Å²) < 4.78 is 31.6. The Kier molecular flexibility index (Phi) is 7.43. The van der Waals surface area contributed by atoms with Gasteiger partial charge in [0, 0.05) is 46.8 Å². The number of likely N-dealkylation sites (tertiary alicyclic amines) is 1. The summed E-state index contributed by atoms with van der Waals surface area (Å²) in [6.07, 6.45) is 1.07. The lowest BCUT2D eigenvalue weighted by Gasteiger charge is -2.22. The summed E-state index contributed by atoms with van der Waals surface area (Å²) in [6.45, 7) is 5.69. The van der Waals surface area contributed by atoms with E-state index in [1.165, 1.54) is 4.31 Å². The molecule has 1 unspecified atom stereocenters. The molecule has 0 aliphatic carbocycles. The molecule has 8 heteroatoms. The highest BCUT2D eigenvalue weighted by molar-refractivity contribution is 7.89. The van der Waals surface area contributed by atoms with Gasteiger partial charge in [-0.15, -0.1) is 0 Å². The Morgan fingerprint density at radius 2 is 2.12 bits per heavy atom. The number of rotatable bonds is 7. The van der Waals surface area contributed by atoms with E-state index in [-0.39, 0.29) is 0 Å². The normalized spacial score (nSPS) is 18.6. The van der Waals surface area contributed by atoms with Gasteiger partial charge in [0.25, 0.3) is 0 Å². The van der Waals surface area contributed by atoms with Crippen molar-refractivity contribution in [1.29, 1.82) is 0 Å². The molecule has 1 aliphatic heterocycles. The van der Waals surface area contributed by atoms with Gasteiger partial charge in [-0.3, -0.25) is 0 Å². The molecule has 1 aromatic carbocycles. The van der Waals surface area contributed by atoms with Crippen molar-refractivity contribution in [3.8, 4) is 0 Å². The van der Waals surface area contributed by atoms with E-state index in [9.17, 15) is 8.42 Å². The zero-order valence-corrected chi connectivity index (χ0v) is 16.9. The number of ether oxygens (including phenoxy) is 1. The minimum Gasteiger partial charge on any atom is -0.384 e. The second-order valence-corrected chi connectivity index (χ2v) is 8.74. The number of sulfonamides is 1. The molecule has 1 aliphatic rings. The van der Waals surface area contributed by atoms with E-state index in [2.05, 4.69) is 10.2 Å². The Morgan fingerprint density at radius 1 is 1.38 bits per heavy atom. The second-order valence-electron chi connectivity index (χ2n) is 6.62. The third kappa shape index (κ3) is 4.96. The van der Waals surface area contributed by atoms with E-state index >= 15 is 0 Å². The molecule has 0 aromatic heterocycles. The van der Waals surface area contributed by atoms with Crippen LogP contribution in [0.5, 0.6) is 0 Å². The highest BCUT2D eigenvalue weighted by Crippen LogP contribution is 2.20. The first-order chi connectivity index (χ1) is 12.4. The van der Waals surface area contributed by atoms with Crippen LogP contribution in [0.4, 0.5) is 0 Å². The maximum atomic E-state index is 12.5. The van der Waals surface area contributed by atoms with Crippen LogP contribution in [0.3, 0.4) is 0 Å². The average molecular weight is 383 g/mol. The first-order valence-corrected chi connectivity index (χ1v) is 10.4. The molecule has 146 valence electrons. The number of hydrogen-bond donors (Lipinski definition) is 1. The van der Waals surface area contributed by atoms with Crippen molar-refractivity contribution >= 4 is 16.0 Å². The summed E-state index contributed by atoms with van der Waals surface area (Å²) in [6, 6.07) is 7.04. The largest absolute Gasteiger partial charge is 0.384 e. The molecule has 26 heavy (non-hydrogen) atoms. The summed E-state index contributed by atoms with van der Waals surface area (Å²) in [5, 5.41) is 3.31. The minimum absolute atomic E-state index is 0.309. The van der Waals surface area contributed by atoms with Gasteiger partial charge in [0.05, 0.1) is 18.0 Å². The number of nitrogens with one attached hydrogen (secondary N) is 1. The Hall–Kier alpha value is -1.64. The predicted octanol–water partition coefficient (Wildman–Crippen LogP) is 1.37. The Labute approximate surface area is 157 Å². The molecule has 1 saturated heterocycles. The van der Waals surface area contributed by atoms with Crippen LogP contribution in [0.2, 0.25) is 0 Å². The van der Waals surface area contributed by atoms with Gasteiger partial charge in [-0.1, -0.05) is 18.2 Å². The van der Waals surface area contributed by atoms with Crippen molar-refractivity contribution in [2.45, 2.75) is 24.8 Å². The fraction of sp³-hybridized carbons (Fsp3) is 0.611. The molecule has 0 amide bonds.